The number of amides is 1. The molecule has 37 heavy (non-hydrogen) atoms. The van der Waals surface area contributed by atoms with Gasteiger partial charge in [-0.2, -0.15) is 0 Å². The van der Waals surface area contributed by atoms with Crippen LogP contribution >= 0.6 is 28.1 Å². The molecule has 1 aliphatic heterocycles. The van der Waals surface area contributed by atoms with Crippen molar-refractivity contribution in [1.82, 2.24) is 10.3 Å². The highest BCUT2D eigenvalue weighted by Crippen LogP contribution is 2.43. The largest absolute Gasteiger partial charge is 0.459 e. The van der Waals surface area contributed by atoms with Gasteiger partial charge in [-0.3, -0.25) is 9.78 Å². The lowest BCUT2D eigenvalue weighted by atomic mass is 10.0. The standard InChI is InChI=1S/C27H22BrFN4O3S/c1-35-15-24(34)31-17-6-8-18(9-7-17)33-26(25(32-27(33)37)21-4-2-3-13-30-21)23-12-11-22(36-23)19-10-5-16(28)14-20(19)29/h2-14,25-26H,15H2,1H3,(H,31,34)(H,32,37)/t25-,26+/m1/s1. The lowest BCUT2D eigenvalue weighted by Crippen LogP contribution is -2.29. The number of carbonyl (C=O) groups excluding carboxylic acids is 1. The Labute approximate surface area is 226 Å². The second-order valence-electron chi connectivity index (χ2n) is 8.35. The number of furan rings is 1. The molecule has 2 aromatic heterocycles. The number of nitrogens with one attached hydrogen (secondary N) is 2. The smallest absolute Gasteiger partial charge is 0.250 e. The van der Waals surface area contributed by atoms with Crippen molar-refractivity contribution in [3.63, 3.8) is 0 Å². The zero-order chi connectivity index (χ0) is 25.9. The van der Waals surface area contributed by atoms with Crippen LogP contribution in [0, 0.1) is 5.82 Å². The molecule has 0 saturated carbocycles. The summed E-state index contributed by atoms with van der Waals surface area (Å²) in [7, 11) is 1.47. The first-order valence-electron chi connectivity index (χ1n) is 11.4. The average Bonchev–Trinajstić information content (AvgIpc) is 3.50. The molecule has 5 rings (SSSR count). The van der Waals surface area contributed by atoms with Crippen molar-refractivity contribution in [2.45, 2.75) is 12.1 Å². The van der Waals surface area contributed by atoms with Gasteiger partial charge in [0, 0.05) is 29.2 Å². The summed E-state index contributed by atoms with van der Waals surface area (Å²) in [5, 5.41) is 6.64. The van der Waals surface area contributed by atoms with Gasteiger partial charge in [-0.25, -0.2) is 4.39 Å². The van der Waals surface area contributed by atoms with Crippen molar-refractivity contribution in [3.8, 4) is 11.3 Å². The number of aromatic nitrogens is 1. The molecule has 2 N–H and O–H groups in total. The maximum Gasteiger partial charge on any atom is 0.250 e. The van der Waals surface area contributed by atoms with Gasteiger partial charge < -0.3 is 24.7 Å². The number of pyridine rings is 1. The number of halogens is 2. The maximum atomic E-state index is 14.7. The predicted molar refractivity (Wildman–Crippen MR) is 147 cm³/mol. The molecule has 3 heterocycles. The molecule has 1 fully saturated rings. The molecule has 2 aromatic carbocycles. The van der Waals surface area contributed by atoms with Crippen LogP contribution in [0.2, 0.25) is 0 Å². The molecule has 0 bridgehead atoms. The van der Waals surface area contributed by atoms with Gasteiger partial charge in [-0.1, -0.05) is 22.0 Å². The van der Waals surface area contributed by atoms with E-state index >= 15 is 0 Å². The lowest BCUT2D eigenvalue weighted by molar-refractivity contribution is -0.119. The van der Waals surface area contributed by atoms with Gasteiger partial charge in [0.05, 0.1) is 17.3 Å². The van der Waals surface area contributed by atoms with Crippen LogP contribution in [0.4, 0.5) is 15.8 Å². The van der Waals surface area contributed by atoms with Crippen molar-refractivity contribution >= 4 is 50.5 Å². The topological polar surface area (TPSA) is 79.6 Å². The monoisotopic (exact) mass is 580 g/mol. The van der Waals surface area contributed by atoms with E-state index in [0.717, 1.165) is 11.4 Å². The van der Waals surface area contributed by atoms with E-state index in [9.17, 15) is 9.18 Å². The summed E-state index contributed by atoms with van der Waals surface area (Å²) >= 11 is 9.03. The molecule has 1 aliphatic rings. The molecule has 1 saturated heterocycles. The van der Waals surface area contributed by atoms with E-state index < -0.39 is 6.04 Å². The Morgan fingerprint density at radius 3 is 2.70 bits per heavy atom. The summed E-state index contributed by atoms with van der Waals surface area (Å²) in [5.41, 5.74) is 2.57. The first kappa shape index (κ1) is 25.1. The summed E-state index contributed by atoms with van der Waals surface area (Å²) < 4.78 is 26.4. The van der Waals surface area contributed by atoms with Crippen LogP contribution in [0.3, 0.4) is 0 Å². The van der Waals surface area contributed by atoms with E-state index in [-0.39, 0.29) is 24.4 Å². The van der Waals surface area contributed by atoms with Crippen LogP contribution < -0.4 is 15.5 Å². The molecule has 0 spiro atoms. The molecule has 0 unspecified atom stereocenters. The minimum Gasteiger partial charge on any atom is -0.459 e. The molecule has 0 radical (unpaired) electrons. The Bertz CT molecular complexity index is 1430. The SMILES string of the molecule is COCC(=O)Nc1ccc(N2C(=S)N[C@H](c3ccccn3)[C@@H]2c2ccc(-c3ccc(Br)cc3F)o2)cc1. The fourth-order valence-corrected chi connectivity index (χ4v) is 4.98. The van der Waals surface area contributed by atoms with Gasteiger partial charge in [0.15, 0.2) is 5.11 Å². The van der Waals surface area contributed by atoms with Crippen molar-refractivity contribution < 1.29 is 18.3 Å². The summed E-state index contributed by atoms with van der Waals surface area (Å²) in [4.78, 5) is 18.4. The van der Waals surface area contributed by atoms with Gasteiger partial charge in [-0.05, 0) is 78.9 Å². The van der Waals surface area contributed by atoms with E-state index in [0.29, 0.717) is 32.4 Å². The average molecular weight is 581 g/mol. The zero-order valence-electron chi connectivity index (χ0n) is 19.7. The number of benzene rings is 2. The number of rotatable bonds is 7. The van der Waals surface area contributed by atoms with Gasteiger partial charge in [-0.15, -0.1) is 0 Å². The van der Waals surface area contributed by atoms with E-state index in [1.807, 2.05) is 41.3 Å². The molecule has 188 valence electrons. The highest BCUT2D eigenvalue weighted by molar-refractivity contribution is 9.10. The van der Waals surface area contributed by atoms with E-state index in [1.54, 1.807) is 36.5 Å². The fraction of sp³-hybridized carbons (Fsp3) is 0.148. The van der Waals surface area contributed by atoms with Crippen LogP contribution in [0.5, 0.6) is 0 Å². The van der Waals surface area contributed by atoms with Crippen LogP contribution in [0.15, 0.2) is 87.9 Å². The molecular weight excluding hydrogens is 559 g/mol. The normalized spacial score (nSPS) is 17.1. The first-order valence-corrected chi connectivity index (χ1v) is 12.6. The maximum absolute atomic E-state index is 14.7. The number of carbonyl (C=O) groups is 1. The Morgan fingerprint density at radius 2 is 2.00 bits per heavy atom. The number of anilines is 2. The van der Waals surface area contributed by atoms with Crippen molar-refractivity contribution in [3.05, 3.63) is 101 Å². The zero-order valence-corrected chi connectivity index (χ0v) is 22.1. The van der Waals surface area contributed by atoms with Crippen molar-refractivity contribution in [2.75, 3.05) is 23.9 Å². The van der Waals surface area contributed by atoms with Gasteiger partial charge in [0.2, 0.25) is 5.91 Å². The van der Waals surface area contributed by atoms with Crippen molar-refractivity contribution in [1.29, 1.82) is 0 Å². The Hall–Kier alpha value is -3.60. The van der Waals surface area contributed by atoms with Gasteiger partial charge in [0.25, 0.3) is 0 Å². The number of hydrogen-bond acceptors (Lipinski definition) is 5. The summed E-state index contributed by atoms with van der Waals surface area (Å²) in [6.45, 7) is -0.0322. The van der Waals surface area contributed by atoms with Gasteiger partial charge in [0.1, 0.15) is 30.0 Å². The van der Waals surface area contributed by atoms with Crippen LogP contribution in [-0.4, -0.2) is 29.7 Å². The van der Waals surface area contributed by atoms with Crippen LogP contribution in [0.25, 0.3) is 11.3 Å². The fourth-order valence-electron chi connectivity index (χ4n) is 4.30. The summed E-state index contributed by atoms with van der Waals surface area (Å²) in [5.74, 6) is 0.371. The van der Waals surface area contributed by atoms with Crippen LogP contribution in [-0.2, 0) is 9.53 Å². The molecule has 0 aliphatic carbocycles. The third-order valence-electron chi connectivity index (χ3n) is 5.92. The van der Waals surface area contributed by atoms with E-state index in [4.69, 9.17) is 21.4 Å². The third-order valence-corrected chi connectivity index (χ3v) is 6.73. The Kier molecular flexibility index (Phi) is 7.31. The predicted octanol–water partition coefficient (Wildman–Crippen LogP) is 6.01. The molecule has 2 atom stereocenters. The number of nitrogens with zero attached hydrogens (tertiary/aromatic N) is 2. The van der Waals surface area contributed by atoms with Crippen LogP contribution in [0.1, 0.15) is 23.5 Å². The number of thiocarbonyl (C=S) groups is 1. The summed E-state index contributed by atoms with van der Waals surface area (Å²) in [6, 6.07) is 20.7. The minimum atomic E-state index is -0.399. The molecule has 1 amide bonds. The van der Waals surface area contributed by atoms with Gasteiger partial charge >= 0.3 is 0 Å². The van der Waals surface area contributed by atoms with E-state index in [2.05, 4.69) is 31.5 Å². The highest BCUT2D eigenvalue weighted by Gasteiger charge is 2.42. The quantitative estimate of drug-likeness (QED) is 0.259. The minimum absolute atomic E-state index is 0.0322. The third kappa shape index (κ3) is 5.27. The van der Waals surface area contributed by atoms with Crippen molar-refractivity contribution in [2.24, 2.45) is 0 Å². The number of methoxy groups -OCH3 is 1. The molecule has 7 nitrogen and oxygen atoms in total. The lowest BCUT2D eigenvalue weighted by Gasteiger charge is -2.26. The molecule has 4 aromatic rings. The number of ether oxygens (including phenoxy) is 1. The Balaban J connectivity index is 1.52. The molecule has 10 heteroatoms. The first-order chi connectivity index (χ1) is 17.9. The highest BCUT2D eigenvalue weighted by atomic mass is 79.9. The number of hydrogen-bond donors (Lipinski definition) is 2. The summed E-state index contributed by atoms with van der Waals surface area (Å²) in [6.07, 6.45) is 1.72. The second kappa shape index (κ2) is 10.8. The second-order valence-corrected chi connectivity index (χ2v) is 9.65. The molecular formula is C27H22BrFN4O3S. The Morgan fingerprint density at radius 1 is 1.19 bits per heavy atom. The van der Waals surface area contributed by atoms with E-state index in [1.165, 1.54) is 13.2 Å².